The van der Waals surface area contributed by atoms with Crippen molar-refractivity contribution in [2.24, 2.45) is 0 Å². The highest BCUT2D eigenvalue weighted by atomic mass is 16.5. The van der Waals surface area contributed by atoms with Crippen LogP contribution in [0.15, 0.2) is 60.7 Å². The first-order valence-electron chi connectivity index (χ1n) is 6.37. The van der Waals surface area contributed by atoms with E-state index in [1.54, 1.807) is 24.3 Å². The minimum atomic E-state index is -1.47. The molecule has 0 spiro atoms. The standard InChI is InChI=1S/C17H14O4/c18-16(17(19)20)10-9-13-7-4-8-15(11-13)21-12-14-5-2-1-3-6-14/h1-11H,12H2,(H,19,20)/b10-9+. The van der Waals surface area contributed by atoms with Crippen molar-refractivity contribution in [3.63, 3.8) is 0 Å². The first-order valence-corrected chi connectivity index (χ1v) is 6.37. The number of carbonyl (C=O) groups is 2. The van der Waals surface area contributed by atoms with Gasteiger partial charge in [-0.2, -0.15) is 0 Å². The Balaban J connectivity index is 2.01. The van der Waals surface area contributed by atoms with Gasteiger partial charge in [0.2, 0.25) is 0 Å². The number of ketones is 1. The molecule has 0 atom stereocenters. The van der Waals surface area contributed by atoms with Gasteiger partial charge in [0.05, 0.1) is 0 Å². The van der Waals surface area contributed by atoms with E-state index in [-0.39, 0.29) is 0 Å². The Labute approximate surface area is 122 Å². The Kier molecular flexibility index (Phi) is 4.88. The van der Waals surface area contributed by atoms with Gasteiger partial charge in [0.1, 0.15) is 12.4 Å². The Morgan fingerprint density at radius 3 is 2.52 bits per heavy atom. The van der Waals surface area contributed by atoms with Crippen molar-refractivity contribution < 1.29 is 19.4 Å². The molecule has 1 N–H and O–H groups in total. The molecule has 0 saturated carbocycles. The maximum absolute atomic E-state index is 11.0. The number of rotatable bonds is 6. The zero-order valence-electron chi connectivity index (χ0n) is 11.2. The van der Waals surface area contributed by atoms with Gasteiger partial charge < -0.3 is 9.84 Å². The van der Waals surface area contributed by atoms with Crippen LogP contribution in [0, 0.1) is 0 Å². The molecule has 0 aliphatic rings. The second-order valence-corrected chi connectivity index (χ2v) is 4.35. The molecule has 2 aromatic carbocycles. The van der Waals surface area contributed by atoms with Crippen LogP contribution in [0.2, 0.25) is 0 Å². The molecular formula is C17H14O4. The average molecular weight is 282 g/mol. The van der Waals surface area contributed by atoms with Crippen LogP contribution in [0.1, 0.15) is 11.1 Å². The molecule has 2 aromatic rings. The Bertz CT molecular complexity index is 660. The van der Waals surface area contributed by atoms with Gasteiger partial charge in [0.25, 0.3) is 5.78 Å². The molecule has 0 amide bonds. The molecule has 0 fully saturated rings. The van der Waals surface area contributed by atoms with E-state index in [9.17, 15) is 9.59 Å². The smallest absolute Gasteiger partial charge is 0.376 e. The molecule has 0 unspecified atom stereocenters. The third kappa shape index (κ3) is 4.62. The summed E-state index contributed by atoms with van der Waals surface area (Å²) in [5.74, 6) is -1.77. The fourth-order valence-corrected chi connectivity index (χ4v) is 1.69. The van der Waals surface area contributed by atoms with Crippen molar-refractivity contribution in [3.8, 4) is 5.75 Å². The van der Waals surface area contributed by atoms with Gasteiger partial charge >= 0.3 is 5.97 Å². The highest BCUT2D eigenvalue weighted by Gasteiger charge is 2.05. The zero-order chi connectivity index (χ0) is 15.1. The second-order valence-electron chi connectivity index (χ2n) is 4.35. The number of benzene rings is 2. The van der Waals surface area contributed by atoms with E-state index < -0.39 is 11.8 Å². The van der Waals surface area contributed by atoms with E-state index in [2.05, 4.69) is 0 Å². The number of carboxylic acids is 1. The molecule has 0 aliphatic heterocycles. The van der Waals surface area contributed by atoms with E-state index in [1.165, 1.54) is 6.08 Å². The summed E-state index contributed by atoms with van der Waals surface area (Å²) < 4.78 is 5.65. The number of aliphatic carboxylic acids is 1. The summed E-state index contributed by atoms with van der Waals surface area (Å²) >= 11 is 0. The fourth-order valence-electron chi connectivity index (χ4n) is 1.69. The second kappa shape index (κ2) is 7.05. The predicted molar refractivity (Wildman–Crippen MR) is 78.9 cm³/mol. The van der Waals surface area contributed by atoms with E-state index >= 15 is 0 Å². The van der Waals surface area contributed by atoms with Gasteiger partial charge in [0.15, 0.2) is 0 Å². The molecule has 4 heteroatoms. The summed E-state index contributed by atoms with van der Waals surface area (Å²) in [4.78, 5) is 21.4. The van der Waals surface area contributed by atoms with Crippen LogP contribution in [0.5, 0.6) is 5.75 Å². The van der Waals surface area contributed by atoms with Gasteiger partial charge in [0, 0.05) is 0 Å². The third-order valence-electron chi connectivity index (χ3n) is 2.74. The maximum atomic E-state index is 11.0. The molecular weight excluding hydrogens is 268 g/mol. The minimum absolute atomic E-state index is 0.446. The Morgan fingerprint density at radius 1 is 1.05 bits per heavy atom. The van der Waals surface area contributed by atoms with Crippen molar-refractivity contribution >= 4 is 17.8 Å². The maximum Gasteiger partial charge on any atom is 0.376 e. The fraction of sp³-hybridized carbons (Fsp3) is 0.0588. The lowest BCUT2D eigenvalue weighted by atomic mass is 10.2. The highest BCUT2D eigenvalue weighted by Crippen LogP contribution is 2.16. The van der Waals surface area contributed by atoms with Crippen molar-refractivity contribution in [3.05, 3.63) is 71.8 Å². The number of carboxylic acid groups (broad SMARTS) is 1. The van der Waals surface area contributed by atoms with Crippen LogP contribution >= 0.6 is 0 Å². The lowest BCUT2D eigenvalue weighted by Crippen LogP contribution is -2.08. The third-order valence-corrected chi connectivity index (χ3v) is 2.74. The molecule has 0 saturated heterocycles. The van der Waals surface area contributed by atoms with Gasteiger partial charge in [-0.05, 0) is 29.3 Å². The summed E-state index contributed by atoms with van der Waals surface area (Å²) in [6.07, 6.45) is 2.48. The van der Waals surface area contributed by atoms with E-state index in [4.69, 9.17) is 9.84 Å². The van der Waals surface area contributed by atoms with Gasteiger partial charge in [-0.1, -0.05) is 48.5 Å². The Morgan fingerprint density at radius 2 is 1.81 bits per heavy atom. The first-order chi connectivity index (χ1) is 10.1. The molecule has 0 radical (unpaired) electrons. The largest absolute Gasteiger partial charge is 0.489 e. The number of hydrogen-bond donors (Lipinski definition) is 1. The summed E-state index contributed by atoms with van der Waals surface area (Å²) in [5.41, 5.74) is 1.76. The summed E-state index contributed by atoms with van der Waals surface area (Å²) in [7, 11) is 0. The monoisotopic (exact) mass is 282 g/mol. The number of ether oxygens (including phenoxy) is 1. The van der Waals surface area contributed by atoms with E-state index in [0.717, 1.165) is 11.6 Å². The molecule has 106 valence electrons. The van der Waals surface area contributed by atoms with E-state index in [0.29, 0.717) is 17.9 Å². The normalized spacial score (nSPS) is 10.5. The summed E-state index contributed by atoms with van der Waals surface area (Å²) in [5, 5.41) is 8.50. The predicted octanol–water partition coefficient (Wildman–Crippen LogP) is 2.93. The van der Waals surface area contributed by atoms with Crippen LogP contribution in [-0.4, -0.2) is 16.9 Å². The van der Waals surface area contributed by atoms with E-state index in [1.807, 2.05) is 30.3 Å². The summed E-state index contributed by atoms with van der Waals surface area (Å²) in [6, 6.07) is 16.9. The lowest BCUT2D eigenvalue weighted by molar-refractivity contribution is -0.146. The van der Waals surface area contributed by atoms with Crippen molar-refractivity contribution in [1.82, 2.24) is 0 Å². The average Bonchev–Trinajstić information content (AvgIpc) is 2.52. The van der Waals surface area contributed by atoms with Crippen molar-refractivity contribution in [2.45, 2.75) is 6.61 Å². The summed E-state index contributed by atoms with van der Waals surface area (Å²) in [6.45, 7) is 0.446. The molecule has 0 bridgehead atoms. The van der Waals surface area contributed by atoms with Crippen LogP contribution in [-0.2, 0) is 16.2 Å². The first kappa shape index (κ1) is 14.5. The lowest BCUT2D eigenvalue weighted by Gasteiger charge is -2.06. The highest BCUT2D eigenvalue weighted by molar-refractivity contribution is 6.38. The quantitative estimate of drug-likeness (QED) is 0.653. The number of carbonyl (C=O) groups excluding carboxylic acids is 1. The Hall–Kier alpha value is -2.88. The van der Waals surface area contributed by atoms with Crippen LogP contribution < -0.4 is 4.74 Å². The van der Waals surface area contributed by atoms with Crippen LogP contribution in [0.25, 0.3) is 6.08 Å². The van der Waals surface area contributed by atoms with Crippen molar-refractivity contribution in [1.29, 1.82) is 0 Å². The number of hydrogen-bond acceptors (Lipinski definition) is 3. The van der Waals surface area contributed by atoms with Gasteiger partial charge in [-0.25, -0.2) is 4.79 Å². The minimum Gasteiger partial charge on any atom is -0.489 e. The molecule has 4 nitrogen and oxygen atoms in total. The SMILES string of the molecule is O=C(O)C(=O)/C=C/c1cccc(OCc2ccccc2)c1. The van der Waals surface area contributed by atoms with Gasteiger partial charge in [-0.3, -0.25) is 4.79 Å². The van der Waals surface area contributed by atoms with Crippen molar-refractivity contribution in [2.75, 3.05) is 0 Å². The molecule has 0 heterocycles. The van der Waals surface area contributed by atoms with Crippen LogP contribution in [0.3, 0.4) is 0 Å². The molecule has 2 rings (SSSR count). The zero-order valence-corrected chi connectivity index (χ0v) is 11.2. The topological polar surface area (TPSA) is 63.6 Å². The molecule has 0 aromatic heterocycles. The molecule has 0 aliphatic carbocycles. The van der Waals surface area contributed by atoms with Gasteiger partial charge in [-0.15, -0.1) is 0 Å². The molecule has 21 heavy (non-hydrogen) atoms. The van der Waals surface area contributed by atoms with Crippen LogP contribution in [0.4, 0.5) is 0 Å².